The molecule has 2 amide bonds. The summed E-state index contributed by atoms with van der Waals surface area (Å²) in [6, 6.07) is 0. The third-order valence-corrected chi connectivity index (χ3v) is 3.43. The van der Waals surface area contributed by atoms with Crippen LogP contribution in [0.4, 0.5) is 0 Å². The number of amides is 2. The molecule has 0 unspecified atom stereocenters. The highest BCUT2D eigenvalue weighted by Gasteiger charge is 2.15. The second kappa shape index (κ2) is 8.73. The van der Waals surface area contributed by atoms with Crippen molar-refractivity contribution < 1.29 is 9.59 Å². The zero-order valence-electron chi connectivity index (χ0n) is 12.2. The Hall–Kier alpha value is -1.32. The Morgan fingerprint density at radius 2 is 2.16 bits per heavy atom. The molecule has 1 aliphatic heterocycles. The van der Waals surface area contributed by atoms with E-state index in [9.17, 15) is 9.59 Å². The third-order valence-electron chi connectivity index (χ3n) is 3.43. The molecule has 0 aromatic rings. The largest absolute Gasteiger partial charge is 0.352 e. The Morgan fingerprint density at radius 1 is 1.37 bits per heavy atom. The standard InChI is InChI=1S/C15H26N2O2/c1-3-8-13(2)15(19)16-10-7-12-17-11-6-4-5-9-14(17)18/h8H,3-7,9-12H2,1-2H3,(H,16,19)/b13-8+. The van der Waals surface area contributed by atoms with Crippen LogP contribution < -0.4 is 5.32 Å². The van der Waals surface area contributed by atoms with E-state index >= 15 is 0 Å². The van der Waals surface area contributed by atoms with Crippen LogP contribution in [0, 0.1) is 0 Å². The number of nitrogens with zero attached hydrogens (tertiary/aromatic N) is 1. The van der Waals surface area contributed by atoms with Gasteiger partial charge in [0.15, 0.2) is 0 Å². The molecule has 1 aliphatic rings. The van der Waals surface area contributed by atoms with Gasteiger partial charge < -0.3 is 10.2 Å². The van der Waals surface area contributed by atoms with Gasteiger partial charge in [-0.1, -0.05) is 19.4 Å². The number of rotatable bonds is 6. The van der Waals surface area contributed by atoms with Crippen molar-refractivity contribution in [3.05, 3.63) is 11.6 Å². The fourth-order valence-corrected chi connectivity index (χ4v) is 2.29. The average molecular weight is 266 g/mol. The molecule has 1 heterocycles. The number of allylic oxidation sites excluding steroid dienone is 1. The van der Waals surface area contributed by atoms with Gasteiger partial charge in [-0.3, -0.25) is 9.59 Å². The zero-order valence-corrected chi connectivity index (χ0v) is 12.2. The van der Waals surface area contributed by atoms with E-state index in [0.29, 0.717) is 13.0 Å². The lowest BCUT2D eigenvalue weighted by Gasteiger charge is -2.20. The predicted octanol–water partition coefficient (Wildman–Crippen LogP) is 2.25. The SMILES string of the molecule is CC/C=C(\C)C(=O)NCCCN1CCCCCC1=O. The summed E-state index contributed by atoms with van der Waals surface area (Å²) in [5.41, 5.74) is 0.772. The van der Waals surface area contributed by atoms with Gasteiger partial charge in [0, 0.05) is 31.6 Å². The molecule has 0 saturated carbocycles. The molecule has 0 aromatic carbocycles. The molecule has 1 rings (SSSR count). The summed E-state index contributed by atoms with van der Waals surface area (Å²) >= 11 is 0. The Morgan fingerprint density at radius 3 is 2.89 bits per heavy atom. The Bertz CT molecular complexity index is 337. The van der Waals surface area contributed by atoms with Gasteiger partial charge >= 0.3 is 0 Å². The maximum Gasteiger partial charge on any atom is 0.246 e. The average Bonchev–Trinajstić information content (AvgIpc) is 2.59. The number of hydrogen-bond donors (Lipinski definition) is 1. The van der Waals surface area contributed by atoms with E-state index in [4.69, 9.17) is 0 Å². The highest BCUT2D eigenvalue weighted by atomic mass is 16.2. The van der Waals surface area contributed by atoms with E-state index in [1.165, 1.54) is 0 Å². The highest BCUT2D eigenvalue weighted by Crippen LogP contribution is 2.11. The van der Waals surface area contributed by atoms with Gasteiger partial charge in [0.05, 0.1) is 0 Å². The molecular formula is C15H26N2O2. The van der Waals surface area contributed by atoms with Gasteiger partial charge in [0.25, 0.3) is 0 Å². The van der Waals surface area contributed by atoms with E-state index in [0.717, 1.165) is 50.8 Å². The van der Waals surface area contributed by atoms with Crippen molar-refractivity contribution in [1.82, 2.24) is 10.2 Å². The van der Waals surface area contributed by atoms with Crippen LogP contribution in [0.3, 0.4) is 0 Å². The molecule has 0 spiro atoms. The van der Waals surface area contributed by atoms with Crippen molar-refractivity contribution in [2.75, 3.05) is 19.6 Å². The minimum atomic E-state index is 0.00374. The molecule has 19 heavy (non-hydrogen) atoms. The highest BCUT2D eigenvalue weighted by molar-refractivity contribution is 5.92. The Balaban J connectivity index is 2.21. The normalized spacial score (nSPS) is 17.3. The van der Waals surface area contributed by atoms with Gasteiger partial charge in [-0.2, -0.15) is 0 Å². The van der Waals surface area contributed by atoms with Gasteiger partial charge in [-0.05, 0) is 32.6 Å². The first-order chi connectivity index (χ1) is 9.15. The maximum atomic E-state index is 11.8. The van der Waals surface area contributed by atoms with Crippen LogP contribution in [-0.4, -0.2) is 36.3 Å². The van der Waals surface area contributed by atoms with E-state index in [-0.39, 0.29) is 11.8 Å². The molecular weight excluding hydrogens is 240 g/mol. The monoisotopic (exact) mass is 266 g/mol. The van der Waals surface area contributed by atoms with Crippen LogP contribution >= 0.6 is 0 Å². The second-order valence-corrected chi connectivity index (χ2v) is 5.10. The van der Waals surface area contributed by atoms with Crippen LogP contribution in [0.25, 0.3) is 0 Å². The number of carbonyl (C=O) groups excluding carboxylic acids is 2. The first kappa shape index (κ1) is 15.7. The van der Waals surface area contributed by atoms with Crippen LogP contribution in [0.5, 0.6) is 0 Å². The van der Waals surface area contributed by atoms with Crippen LogP contribution in [0.2, 0.25) is 0 Å². The Kier molecular flexibility index (Phi) is 7.23. The van der Waals surface area contributed by atoms with Gasteiger partial charge in [0.1, 0.15) is 0 Å². The molecule has 1 fully saturated rings. The van der Waals surface area contributed by atoms with Crippen molar-refractivity contribution in [1.29, 1.82) is 0 Å². The molecule has 0 radical (unpaired) electrons. The van der Waals surface area contributed by atoms with Crippen molar-refractivity contribution >= 4 is 11.8 Å². The first-order valence-electron chi connectivity index (χ1n) is 7.38. The topological polar surface area (TPSA) is 49.4 Å². The van der Waals surface area contributed by atoms with Crippen molar-refractivity contribution in [2.45, 2.75) is 52.4 Å². The minimum Gasteiger partial charge on any atom is -0.352 e. The van der Waals surface area contributed by atoms with Crippen molar-refractivity contribution in [3.63, 3.8) is 0 Å². The summed E-state index contributed by atoms with van der Waals surface area (Å²) in [5.74, 6) is 0.273. The summed E-state index contributed by atoms with van der Waals surface area (Å²) in [7, 11) is 0. The molecule has 4 nitrogen and oxygen atoms in total. The van der Waals surface area contributed by atoms with Crippen LogP contribution in [-0.2, 0) is 9.59 Å². The van der Waals surface area contributed by atoms with E-state index in [2.05, 4.69) is 5.32 Å². The summed E-state index contributed by atoms with van der Waals surface area (Å²) in [4.78, 5) is 25.3. The lowest BCUT2D eigenvalue weighted by molar-refractivity contribution is -0.130. The predicted molar refractivity (Wildman–Crippen MR) is 76.7 cm³/mol. The third kappa shape index (κ3) is 5.90. The molecule has 0 aromatic heterocycles. The summed E-state index contributed by atoms with van der Waals surface area (Å²) in [6.45, 7) is 6.12. The molecule has 1 saturated heterocycles. The summed E-state index contributed by atoms with van der Waals surface area (Å²) in [6.07, 6.45) is 7.60. The lowest BCUT2D eigenvalue weighted by atomic mass is 10.2. The molecule has 108 valence electrons. The van der Waals surface area contributed by atoms with E-state index < -0.39 is 0 Å². The molecule has 1 N–H and O–H groups in total. The molecule has 0 aliphatic carbocycles. The van der Waals surface area contributed by atoms with Crippen molar-refractivity contribution in [3.8, 4) is 0 Å². The van der Waals surface area contributed by atoms with E-state index in [1.807, 2.05) is 24.8 Å². The van der Waals surface area contributed by atoms with Crippen molar-refractivity contribution in [2.24, 2.45) is 0 Å². The fraction of sp³-hybridized carbons (Fsp3) is 0.733. The number of hydrogen-bond acceptors (Lipinski definition) is 2. The fourth-order valence-electron chi connectivity index (χ4n) is 2.29. The number of likely N-dealkylation sites (tertiary alicyclic amines) is 1. The smallest absolute Gasteiger partial charge is 0.246 e. The quantitative estimate of drug-likeness (QED) is 0.592. The second-order valence-electron chi connectivity index (χ2n) is 5.10. The van der Waals surface area contributed by atoms with Gasteiger partial charge in [0.2, 0.25) is 11.8 Å². The van der Waals surface area contributed by atoms with Crippen LogP contribution in [0.1, 0.15) is 52.4 Å². The van der Waals surface area contributed by atoms with Crippen LogP contribution in [0.15, 0.2) is 11.6 Å². The summed E-state index contributed by atoms with van der Waals surface area (Å²) < 4.78 is 0. The molecule has 0 atom stereocenters. The zero-order chi connectivity index (χ0) is 14.1. The minimum absolute atomic E-state index is 0.00374. The van der Waals surface area contributed by atoms with Gasteiger partial charge in [-0.15, -0.1) is 0 Å². The molecule has 0 bridgehead atoms. The number of carbonyl (C=O) groups is 2. The maximum absolute atomic E-state index is 11.8. The Labute approximate surface area is 116 Å². The van der Waals surface area contributed by atoms with Gasteiger partial charge in [-0.25, -0.2) is 0 Å². The number of nitrogens with one attached hydrogen (secondary N) is 1. The first-order valence-corrected chi connectivity index (χ1v) is 7.38. The molecule has 4 heteroatoms. The summed E-state index contributed by atoms with van der Waals surface area (Å²) in [5, 5.41) is 2.89. The van der Waals surface area contributed by atoms with E-state index in [1.54, 1.807) is 0 Å². The lowest BCUT2D eigenvalue weighted by Crippen LogP contribution is -2.34.